The summed E-state index contributed by atoms with van der Waals surface area (Å²) in [7, 11) is -0.484. The Morgan fingerprint density at radius 3 is 2.64 bits per heavy atom. The van der Waals surface area contributed by atoms with E-state index >= 15 is 0 Å². The fourth-order valence-corrected chi connectivity index (χ4v) is 6.24. The summed E-state index contributed by atoms with van der Waals surface area (Å²) in [6.45, 7) is 0. The van der Waals surface area contributed by atoms with E-state index in [0.717, 1.165) is 48.1 Å². The molecule has 2 aromatic heterocycles. The molecule has 0 spiro atoms. The van der Waals surface area contributed by atoms with Crippen molar-refractivity contribution in [3.05, 3.63) is 54.5 Å². The first-order valence-electron chi connectivity index (χ1n) is 9.81. The maximum absolute atomic E-state index is 12.8. The Balaban J connectivity index is 1.36. The van der Waals surface area contributed by atoms with Crippen LogP contribution in [0, 0.1) is 10.7 Å². The van der Waals surface area contributed by atoms with Gasteiger partial charge in [-0.15, -0.1) is 0 Å². The predicted octanol–water partition coefficient (Wildman–Crippen LogP) is 4.20. The molecule has 0 bridgehead atoms. The van der Waals surface area contributed by atoms with Crippen molar-refractivity contribution < 1.29 is 4.21 Å². The van der Waals surface area contributed by atoms with Crippen molar-refractivity contribution in [1.29, 1.82) is 4.78 Å². The summed E-state index contributed by atoms with van der Waals surface area (Å²) in [6.07, 6.45) is 7.61. The number of fused-ring (bicyclic) bond motifs is 1. The van der Waals surface area contributed by atoms with Gasteiger partial charge in [-0.3, -0.25) is 4.78 Å². The lowest BCUT2D eigenvalue weighted by atomic mass is 9.86. The van der Waals surface area contributed by atoms with Crippen LogP contribution in [-0.4, -0.2) is 38.0 Å². The van der Waals surface area contributed by atoms with Gasteiger partial charge in [0.2, 0.25) is 0 Å². The number of benzene rings is 1. The molecule has 0 saturated heterocycles. The number of nitrogens with zero attached hydrogens (tertiary/aromatic N) is 3. The fraction of sp³-hybridized carbons (Fsp3) is 0.429. The molecule has 148 valence electrons. The summed E-state index contributed by atoms with van der Waals surface area (Å²) in [5, 5.41) is 1.05. The minimum atomic E-state index is -2.58. The van der Waals surface area contributed by atoms with Crippen molar-refractivity contribution in [2.45, 2.75) is 37.5 Å². The smallest absolute Gasteiger partial charge is 0.142 e. The first-order valence-corrected chi connectivity index (χ1v) is 11.7. The SMILES string of the molecule is CN(c1ncnc2[nH]ccc12)C1CCC(CS(=N)(=O)Cc2ccccc2)CC1. The average Bonchev–Trinajstić information content (AvgIpc) is 3.17. The zero-order valence-electron chi connectivity index (χ0n) is 16.2. The summed E-state index contributed by atoms with van der Waals surface area (Å²) in [6, 6.07) is 12.2. The summed E-state index contributed by atoms with van der Waals surface area (Å²) in [5.41, 5.74) is 1.86. The van der Waals surface area contributed by atoms with E-state index in [1.165, 1.54) is 0 Å². The van der Waals surface area contributed by atoms with Gasteiger partial charge in [0.05, 0.1) is 11.1 Å². The van der Waals surface area contributed by atoms with Gasteiger partial charge in [-0.1, -0.05) is 30.3 Å². The van der Waals surface area contributed by atoms with Gasteiger partial charge in [-0.2, -0.15) is 0 Å². The zero-order chi connectivity index (χ0) is 19.6. The van der Waals surface area contributed by atoms with Crippen molar-refractivity contribution in [2.24, 2.45) is 5.92 Å². The van der Waals surface area contributed by atoms with E-state index < -0.39 is 9.73 Å². The molecule has 3 aromatic rings. The lowest BCUT2D eigenvalue weighted by molar-refractivity contribution is 0.342. The van der Waals surface area contributed by atoms with E-state index in [1.807, 2.05) is 42.6 Å². The molecule has 1 aliphatic rings. The molecule has 1 saturated carbocycles. The molecule has 1 aliphatic carbocycles. The van der Waals surface area contributed by atoms with Crippen LogP contribution in [0.2, 0.25) is 0 Å². The summed E-state index contributed by atoms with van der Waals surface area (Å²) >= 11 is 0. The van der Waals surface area contributed by atoms with Crippen LogP contribution in [0.25, 0.3) is 11.0 Å². The van der Waals surface area contributed by atoms with Crippen LogP contribution in [0.1, 0.15) is 31.2 Å². The average molecular weight is 398 g/mol. The zero-order valence-corrected chi connectivity index (χ0v) is 17.0. The molecule has 2 heterocycles. The largest absolute Gasteiger partial charge is 0.356 e. The second kappa shape index (κ2) is 7.91. The highest BCUT2D eigenvalue weighted by atomic mass is 32.2. The fourth-order valence-electron chi connectivity index (χ4n) is 4.29. The third-order valence-electron chi connectivity index (χ3n) is 5.78. The second-order valence-corrected chi connectivity index (χ2v) is 10.1. The minimum absolute atomic E-state index is 0.361. The molecule has 1 fully saturated rings. The lowest BCUT2D eigenvalue weighted by Crippen LogP contribution is -2.37. The third kappa shape index (κ3) is 4.19. The van der Waals surface area contributed by atoms with E-state index in [2.05, 4.69) is 26.9 Å². The molecule has 1 aromatic carbocycles. The Hall–Kier alpha value is -2.41. The maximum atomic E-state index is 12.8. The van der Waals surface area contributed by atoms with Gasteiger partial charge < -0.3 is 9.88 Å². The summed E-state index contributed by atoms with van der Waals surface area (Å²) in [4.78, 5) is 14.2. The monoisotopic (exact) mass is 397 g/mol. The van der Waals surface area contributed by atoms with Crippen molar-refractivity contribution in [3.63, 3.8) is 0 Å². The number of nitrogens with one attached hydrogen (secondary N) is 2. The Labute approximate surface area is 166 Å². The van der Waals surface area contributed by atoms with Crippen molar-refractivity contribution in [2.75, 3.05) is 17.7 Å². The minimum Gasteiger partial charge on any atom is -0.356 e. The number of anilines is 1. The molecule has 4 rings (SSSR count). The Kier molecular flexibility index (Phi) is 5.35. The van der Waals surface area contributed by atoms with Gasteiger partial charge in [0.1, 0.15) is 17.8 Å². The second-order valence-electron chi connectivity index (χ2n) is 7.83. The number of hydrogen-bond acceptors (Lipinski definition) is 5. The molecule has 0 amide bonds. The van der Waals surface area contributed by atoms with Crippen LogP contribution in [0.3, 0.4) is 0 Å². The number of hydrogen-bond donors (Lipinski definition) is 2. The molecule has 0 radical (unpaired) electrons. The molecule has 1 atom stereocenters. The van der Waals surface area contributed by atoms with Gasteiger partial charge in [0, 0.05) is 34.8 Å². The van der Waals surface area contributed by atoms with Crippen molar-refractivity contribution in [3.8, 4) is 0 Å². The Morgan fingerprint density at radius 1 is 1.14 bits per heavy atom. The van der Waals surface area contributed by atoms with Crippen LogP contribution >= 0.6 is 0 Å². The van der Waals surface area contributed by atoms with Gasteiger partial charge in [0.15, 0.2) is 0 Å². The number of aromatic amines is 1. The Morgan fingerprint density at radius 2 is 1.89 bits per heavy atom. The molecular formula is C21H27N5OS. The predicted molar refractivity (Wildman–Crippen MR) is 114 cm³/mol. The molecule has 7 heteroatoms. The highest BCUT2D eigenvalue weighted by molar-refractivity contribution is 7.91. The maximum Gasteiger partial charge on any atom is 0.142 e. The van der Waals surface area contributed by atoms with Crippen molar-refractivity contribution >= 4 is 26.6 Å². The van der Waals surface area contributed by atoms with E-state index in [4.69, 9.17) is 4.78 Å². The number of aromatic nitrogens is 3. The molecule has 2 N–H and O–H groups in total. The van der Waals surface area contributed by atoms with E-state index in [9.17, 15) is 4.21 Å². The van der Waals surface area contributed by atoms with Gasteiger partial charge in [-0.25, -0.2) is 14.2 Å². The number of H-pyrrole nitrogens is 1. The van der Waals surface area contributed by atoms with Crippen LogP contribution < -0.4 is 4.90 Å². The molecular weight excluding hydrogens is 370 g/mol. The molecule has 0 aliphatic heterocycles. The van der Waals surface area contributed by atoms with Gasteiger partial charge in [0.25, 0.3) is 0 Å². The topological polar surface area (TPSA) is 85.7 Å². The lowest BCUT2D eigenvalue weighted by Gasteiger charge is -2.35. The van der Waals surface area contributed by atoms with Crippen LogP contribution in [-0.2, 0) is 15.5 Å². The van der Waals surface area contributed by atoms with Crippen LogP contribution in [0.15, 0.2) is 48.9 Å². The first kappa shape index (κ1) is 18.9. The molecule has 6 nitrogen and oxygen atoms in total. The summed E-state index contributed by atoms with van der Waals surface area (Å²) < 4.78 is 21.2. The molecule has 1 unspecified atom stereocenters. The highest BCUT2D eigenvalue weighted by Crippen LogP contribution is 2.32. The highest BCUT2D eigenvalue weighted by Gasteiger charge is 2.27. The summed E-state index contributed by atoms with van der Waals surface area (Å²) in [5.74, 6) is 2.20. The van der Waals surface area contributed by atoms with Crippen molar-refractivity contribution in [1.82, 2.24) is 15.0 Å². The number of rotatable bonds is 6. The Bertz CT molecular complexity index is 1020. The van der Waals surface area contributed by atoms with Crippen LogP contribution in [0.5, 0.6) is 0 Å². The van der Waals surface area contributed by atoms with E-state index in [0.29, 0.717) is 23.5 Å². The quantitative estimate of drug-likeness (QED) is 0.653. The van der Waals surface area contributed by atoms with E-state index in [-0.39, 0.29) is 0 Å². The standard InChI is InChI=1S/C21H27N5OS/c1-26(21-19-11-12-23-20(19)24-15-25-21)18-9-7-17(8-10-18)14-28(22,27)13-16-5-3-2-4-6-16/h2-6,11-12,15,17-18,22H,7-10,13-14H2,1H3,(H,23,24,25). The normalized spacial score (nSPS) is 22.0. The van der Waals surface area contributed by atoms with Crippen LogP contribution in [0.4, 0.5) is 5.82 Å². The molecule has 28 heavy (non-hydrogen) atoms. The first-order chi connectivity index (χ1) is 13.5. The van der Waals surface area contributed by atoms with Gasteiger partial charge >= 0.3 is 0 Å². The third-order valence-corrected chi connectivity index (χ3v) is 7.59. The van der Waals surface area contributed by atoms with Gasteiger partial charge in [-0.05, 0) is 43.2 Å². The van der Waals surface area contributed by atoms with E-state index in [1.54, 1.807) is 6.33 Å².